The Bertz CT molecular complexity index is 109. The van der Waals surface area contributed by atoms with Crippen LogP contribution in [0.2, 0.25) is 0 Å². The van der Waals surface area contributed by atoms with E-state index >= 15 is 0 Å². The number of hydrogen-bond donors (Lipinski definition) is 0. The normalized spacial score (nSPS) is 8.67. The van der Waals surface area contributed by atoms with Gasteiger partial charge in [-0.1, -0.05) is 0 Å². The van der Waals surface area contributed by atoms with Gasteiger partial charge in [0.1, 0.15) is 0 Å². The maximum atomic E-state index is 6.62. The first kappa shape index (κ1) is 3.14. The van der Waals surface area contributed by atoms with E-state index < -0.39 is 0 Å². The molecule has 0 unspecified atom stereocenters. The molecule has 0 aromatic carbocycles. The number of aromatic nitrogens is 3. The molecule has 6 heavy (non-hydrogen) atoms. The van der Waals surface area contributed by atoms with E-state index in [0.29, 0.717) is 0 Å². The minimum absolute atomic E-state index is 0.889. The van der Waals surface area contributed by atoms with E-state index in [4.69, 9.17) is 5.84 Å². The number of nitrogens with zero attached hydrogens (tertiary/aromatic N) is 3. The topological polar surface area (TPSA) is 54.5 Å². The Hall–Kier alpha value is -1.06. The van der Waals surface area contributed by atoms with Crippen LogP contribution in [-0.4, -0.2) is 15.1 Å². The second kappa shape index (κ2) is 0.965. The van der Waals surface area contributed by atoms with Gasteiger partial charge in [-0.2, -0.15) is 0 Å². The lowest BCUT2D eigenvalue weighted by atomic mass is 11.0. The summed E-state index contributed by atoms with van der Waals surface area (Å²) in [7, 11) is 0. The second-order valence-corrected chi connectivity index (χ2v) is 0.848. The molecule has 0 aliphatic heterocycles. The Balaban J connectivity index is 3.05. The van der Waals surface area contributed by atoms with E-state index in [1.807, 2.05) is 0 Å². The first-order valence-electron chi connectivity index (χ1n) is 1.47. The maximum Gasteiger partial charge on any atom is 0.0437 e. The summed E-state index contributed by atoms with van der Waals surface area (Å²) in [5.41, 5.74) is 0. The van der Waals surface area contributed by atoms with Gasteiger partial charge in [-0.3, -0.25) is 10.3 Å². The highest BCUT2D eigenvalue weighted by Gasteiger charge is 1.60. The molecule has 0 amide bonds. The standard InChI is InChI=1S/C2H3N4/c3-6-2-1-4-5-6/h1-3H/q-1. The van der Waals surface area contributed by atoms with Crippen molar-refractivity contribution in [3.63, 3.8) is 0 Å². The van der Waals surface area contributed by atoms with Crippen molar-refractivity contribution in [2.24, 2.45) is 0 Å². The van der Waals surface area contributed by atoms with Crippen LogP contribution in [0.15, 0.2) is 12.4 Å². The number of rotatable bonds is 0. The van der Waals surface area contributed by atoms with Gasteiger partial charge in [-0.05, 0) is 0 Å². The predicted molar refractivity (Wildman–Crippen MR) is 19.7 cm³/mol. The molecule has 1 aromatic heterocycles. The molecule has 4 nitrogen and oxygen atoms in total. The van der Waals surface area contributed by atoms with Gasteiger partial charge in [0.2, 0.25) is 0 Å². The van der Waals surface area contributed by atoms with Gasteiger partial charge >= 0.3 is 0 Å². The minimum atomic E-state index is 0.889. The first-order valence-corrected chi connectivity index (χ1v) is 1.47. The summed E-state index contributed by atoms with van der Waals surface area (Å²) >= 11 is 0. The molecule has 1 heterocycles. The highest BCUT2D eigenvalue weighted by Crippen LogP contribution is 1.70. The molecular weight excluding hydrogens is 80.1 g/mol. The minimum Gasteiger partial charge on any atom is -0.413 e. The van der Waals surface area contributed by atoms with Crippen molar-refractivity contribution >= 4 is 0 Å². The van der Waals surface area contributed by atoms with Crippen molar-refractivity contribution in [1.82, 2.24) is 15.1 Å². The fraction of sp³-hybridized carbons (Fsp3) is 0. The Morgan fingerprint density at radius 3 is 2.67 bits per heavy atom. The van der Waals surface area contributed by atoms with E-state index in [2.05, 4.69) is 10.3 Å². The van der Waals surface area contributed by atoms with Crippen LogP contribution in [0.25, 0.3) is 5.84 Å². The van der Waals surface area contributed by atoms with Crippen molar-refractivity contribution in [2.45, 2.75) is 0 Å². The van der Waals surface area contributed by atoms with Gasteiger partial charge in [0.25, 0.3) is 0 Å². The zero-order valence-electron chi connectivity index (χ0n) is 3.00. The van der Waals surface area contributed by atoms with Crippen molar-refractivity contribution in [3.05, 3.63) is 18.2 Å². The van der Waals surface area contributed by atoms with Crippen LogP contribution in [0.3, 0.4) is 0 Å². The molecule has 0 fully saturated rings. The summed E-state index contributed by atoms with van der Waals surface area (Å²) in [6.45, 7) is 0. The molecule has 1 N–H and O–H groups in total. The van der Waals surface area contributed by atoms with E-state index in [-0.39, 0.29) is 0 Å². The highest BCUT2D eigenvalue weighted by molar-refractivity contribution is 4.64. The zero-order valence-corrected chi connectivity index (χ0v) is 3.00. The Labute approximate surface area is 34.5 Å². The summed E-state index contributed by atoms with van der Waals surface area (Å²) < 4.78 is 0. The van der Waals surface area contributed by atoms with E-state index in [9.17, 15) is 0 Å². The lowest BCUT2D eigenvalue weighted by Crippen LogP contribution is -1.80. The van der Waals surface area contributed by atoms with Crippen LogP contribution in [0.5, 0.6) is 0 Å². The molecule has 0 radical (unpaired) electrons. The zero-order chi connectivity index (χ0) is 4.41. The molecular formula is C2H3N4-. The highest BCUT2D eigenvalue weighted by atomic mass is 15.5. The van der Waals surface area contributed by atoms with E-state index in [1.54, 1.807) is 0 Å². The Morgan fingerprint density at radius 2 is 2.50 bits per heavy atom. The molecule has 4 heteroatoms. The molecule has 0 bridgehead atoms. The molecule has 0 atom stereocenters. The van der Waals surface area contributed by atoms with Crippen LogP contribution < -0.4 is 0 Å². The molecule has 0 saturated carbocycles. The van der Waals surface area contributed by atoms with Crippen molar-refractivity contribution in [3.8, 4) is 0 Å². The smallest absolute Gasteiger partial charge is 0.0437 e. The van der Waals surface area contributed by atoms with E-state index in [1.165, 1.54) is 12.4 Å². The van der Waals surface area contributed by atoms with Gasteiger partial charge in [-0.15, -0.1) is 0 Å². The lowest BCUT2D eigenvalue weighted by Gasteiger charge is -1.90. The fourth-order valence-corrected chi connectivity index (χ4v) is 0.208. The summed E-state index contributed by atoms with van der Waals surface area (Å²) in [5.74, 6) is 6.62. The Morgan fingerprint density at radius 1 is 1.67 bits per heavy atom. The van der Waals surface area contributed by atoms with Crippen LogP contribution in [-0.2, 0) is 0 Å². The van der Waals surface area contributed by atoms with Crippen molar-refractivity contribution < 1.29 is 0 Å². The van der Waals surface area contributed by atoms with Gasteiger partial charge < -0.3 is 10.6 Å². The van der Waals surface area contributed by atoms with Crippen LogP contribution in [0, 0.1) is 0 Å². The average Bonchev–Trinajstić information content (AvgIpc) is 1.86. The average molecular weight is 83.1 g/mol. The summed E-state index contributed by atoms with van der Waals surface area (Å²) in [4.78, 5) is 0.889. The molecule has 0 aliphatic rings. The van der Waals surface area contributed by atoms with E-state index in [0.717, 1.165) is 4.79 Å². The van der Waals surface area contributed by atoms with Gasteiger partial charge in [0.15, 0.2) is 0 Å². The molecule has 32 valence electrons. The second-order valence-electron chi connectivity index (χ2n) is 0.848. The number of hydrogen-bond acceptors (Lipinski definition) is 2. The third-order valence-electron chi connectivity index (χ3n) is 0.423. The monoisotopic (exact) mass is 83.0 g/mol. The molecule has 1 aromatic rings. The Kier molecular flexibility index (Phi) is 0.506. The predicted octanol–water partition coefficient (Wildman–Crippen LogP) is 0.0934. The third-order valence-corrected chi connectivity index (χ3v) is 0.423. The van der Waals surface area contributed by atoms with Crippen LogP contribution in [0.1, 0.15) is 0 Å². The fourth-order valence-electron chi connectivity index (χ4n) is 0.208. The summed E-state index contributed by atoms with van der Waals surface area (Å²) in [5, 5.41) is 6.60. The molecule has 0 aliphatic carbocycles. The molecule has 0 spiro atoms. The molecule has 0 saturated heterocycles. The number of nitrogens with one attached hydrogen (secondary N) is 1. The SMILES string of the molecule is [NH-]n1ccnn1. The first-order chi connectivity index (χ1) is 2.89. The summed E-state index contributed by atoms with van der Waals surface area (Å²) in [6, 6.07) is 0. The third kappa shape index (κ3) is 0.314. The maximum absolute atomic E-state index is 6.62. The van der Waals surface area contributed by atoms with Crippen LogP contribution >= 0.6 is 0 Å². The van der Waals surface area contributed by atoms with Gasteiger partial charge in [-0.25, -0.2) is 0 Å². The van der Waals surface area contributed by atoms with Gasteiger partial charge in [0, 0.05) is 12.4 Å². The van der Waals surface area contributed by atoms with Crippen molar-refractivity contribution in [1.29, 1.82) is 0 Å². The van der Waals surface area contributed by atoms with Crippen LogP contribution in [0.4, 0.5) is 0 Å². The van der Waals surface area contributed by atoms with Gasteiger partial charge in [0.05, 0.1) is 0 Å². The van der Waals surface area contributed by atoms with Crippen molar-refractivity contribution in [2.75, 3.05) is 0 Å². The lowest BCUT2D eigenvalue weighted by molar-refractivity contribution is 0.807. The largest absolute Gasteiger partial charge is 0.413 e. The quantitative estimate of drug-likeness (QED) is 0.446. The summed E-state index contributed by atoms with van der Waals surface area (Å²) in [6.07, 6.45) is 2.90. The molecule has 1 rings (SSSR count).